The minimum atomic E-state index is -0.411. The van der Waals surface area contributed by atoms with Gasteiger partial charge in [0.1, 0.15) is 5.69 Å². The van der Waals surface area contributed by atoms with Crippen molar-refractivity contribution in [1.82, 2.24) is 19.9 Å². The van der Waals surface area contributed by atoms with Gasteiger partial charge in [-0.2, -0.15) is 9.50 Å². The molecule has 0 aromatic carbocycles. The summed E-state index contributed by atoms with van der Waals surface area (Å²) in [5.41, 5.74) is -0.151. The van der Waals surface area contributed by atoms with E-state index in [4.69, 9.17) is 4.74 Å². The van der Waals surface area contributed by atoms with Gasteiger partial charge in [-0.1, -0.05) is 30.6 Å². The molecule has 0 radical (unpaired) electrons. The number of fused-ring (bicyclic) bond motifs is 1. The van der Waals surface area contributed by atoms with E-state index in [9.17, 15) is 9.59 Å². The summed E-state index contributed by atoms with van der Waals surface area (Å²) in [6.07, 6.45) is 5.47. The minimum absolute atomic E-state index is 0.178. The SMILES string of the molecule is O=C(NC1CCCCC1)c1cc(=O)nc2sc(N3CCOCC3)nn12. The van der Waals surface area contributed by atoms with Gasteiger partial charge in [0, 0.05) is 25.2 Å². The van der Waals surface area contributed by atoms with E-state index < -0.39 is 5.56 Å². The van der Waals surface area contributed by atoms with Crippen LogP contribution in [0.5, 0.6) is 0 Å². The number of nitrogens with zero attached hydrogens (tertiary/aromatic N) is 4. The summed E-state index contributed by atoms with van der Waals surface area (Å²) in [6, 6.07) is 1.45. The third-order valence-electron chi connectivity index (χ3n) is 4.70. The van der Waals surface area contributed by atoms with Crippen molar-refractivity contribution in [3.05, 3.63) is 22.1 Å². The first-order valence-corrected chi connectivity index (χ1v) is 9.57. The molecule has 3 heterocycles. The van der Waals surface area contributed by atoms with Crippen LogP contribution in [0.1, 0.15) is 42.6 Å². The molecule has 0 spiro atoms. The highest BCUT2D eigenvalue weighted by Gasteiger charge is 2.22. The Bertz CT molecular complexity index is 821. The molecule has 1 aliphatic heterocycles. The molecule has 25 heavy (non-hydrogen) atoms. The van der Waals surface area contributed by atoms with Gasteiger partial charge in [0.15, 0.2) is 0 Å². The molecule has 4 rings (SSSR count). The average molecular weight is 363 g/mol. The number of ether oxygens (including phenoxy) is 1. The molecule has 1 aliphatic carbocycles. The second kappa shape index (κ2) is 7.09. The fraction of sp³-hybridized carbons (Fsp3) is 0.625. The van der Waals surface area contributed by atoms with Crippen LogP contribution in [0, 0.1) is 0 Å². The summed E-state index contributed by atoms with van der Waals surface area (Å²) in [5.74, 6) is -0.250. The monoisotopic (exact) mass is 363 g/mol. The van der Waals surface area contributed by atoms with Gasteiger partial charge in [0.2, 0.25) is 10.1 Å². The van der Waals surface area contributed by atoms with E-state index in [0.29, 0.717) is 18.2 Å². The van der Waals surface area contributed by atoms with Crippen molar-refractivity contribution in [2.24, 2.45) is 0 Å². The Morgan fingerprint density at radius 1 is 1.24 bits per heavy atom. The zero-order valence-corrected chi connectivity index (χ0v) is 14.8. The molecule has 9 heteroatoms. The van der Waals surface area contributed by atoms with Crippen molar-refractivity contribution in [2.75, 3.05) is 31.2 Å². The van der Waals surface area contributed by atoms with E-state index in [0.717, 1.165) is 43.9 Å². The van der Waals surface area contributed by atoms with Crippen LogP contribution in [0.25, 0.3) is 4.96 Å². The Hall–Kier alpha value is -2.00. The molecule has 2 fully saturated rings. The standard InChI is InChI=1S/C16H21N5O3S/c22-13-10-12(14(23)17-11-4-2-1-3-5-11)21-15(18-13)25-16(19-21)20-6-8-24-9-7-20/h10-11H,1-9H2,(H,17,23). The van der Waals surface area contributed by atoms with Crippen LogP contribution >= 0.6 is 11.3 Å². The molecule has 0 atom stereocenters. The largest absolute Gasteiger partial charge is 0.378 e. The lowest BCUT2D eigenvalue weighted by atomic mass is 9.95. The molecular formula is C16H21N5O3S. The van der Waals surface area contributed by atoms with Gasteiger partial charge < -0.3 is 15.0 Å². The molecule has 2 aromatic rings. The highest BCUT2D eigenvalue weighted by Crippen LogP contribution is 2.23. The summed E-state index contributed by atoms with van der Waals surface area (Å²) in [4.78, 5) is 31.2. The molecule has 1 amide bonds. The van der Waals surface area contributed by atoms with Crippen molar-refractivity contribution < 1.29 is 9.53 Å². The molecule has 1 saturated carbocycles. The third-order valence-corrected chi connectivity index (χ3v) is 5.67. The molecule has 0 bridgehead atoms. The number of amides is 1. The number of morpholine rings is 1. The van der Waals surface area contributed by atoms with Crippen LogP contribution in [0.3, 0.4) is 0 Å². The zero-order valence-electron chi connectivity index (χ0n) is 13.9. The van der Waals surface area contributed by atoms with Crippen LogP contribution in [0.2, 0.25) is 0 Å². The Balaban J connectivity index is 1.63. The van der Waals surface area contributed by atoms with Crippen molar-refractivity contribution in [3.8, 4) is 0 Å². The summed E-state index contributed by atoms with van der Waals surface area (Å²) in [6.45, 7) is 2.79. The van der Waals surface area contributed by atoms with E-state index in [1.807, 2.05) is 0 Å². The molecule has 2 aromatic heterocycles. The Morgan fingerprint density at radius 3 is 2.76 bits per heavy atom. The topological polar surface area (TPSA) is 88.8 Å². The highest BCUT2D eigenvalue weighted by atomic mass is 32.1. The van der Waals surface area contributed by atoms with Crippen molar-refractivity contribution >= 4 is 27.3 Å². The van der Waals surface area contributed by atoms with Gasteiger partial charge in [-0.05, 0) is 12.8 Å². The Morgan fingerprint density at radius 2 is 2.00 bits per heavy atom. The number of aromatic nitrogens is 3. The van der Waals surface area contributed by atoms with Crippen LogP contribution in [-0.4, -0.2) is 52.9 Å². The van der Waals surface area contributed by atoms with Gasteiger partial charge in [0.05, 0.1) is 13.2 Å². The van der Waals surface area contributed by atoms with Crippen LogP contribution in [-0.2, 0) is 4.74 Å². The van der Waals surface area contributed by atoms with Crippen LogP contribution in [0.4, 0.5) is 5.13 Å². The van der Waals surface area contributed by atoms with Crippen molar-refractivity contribution in [2.45, 2.75) is 38.1 Å². The molecule has 8 nitrogen and oxygen atoms in total. The fourth-order valence-corrected chi connectivity index (χ4v) is 4.31. The number of anilines is 1. The van der Waals surface area contributed by atoms with E-state index in [-0.39, 0.29) is 17.6 Å². The molecule has 1 saturated heterocycles. The summed E-state index contributed by atoms with van der Waals surface area (Å²) >= 11 is 1.33. The second-order valence-corrected chi connectivity index (χ2v) is 7.40. The fourth-order valence-electron chi connectivity index (χ4n) is 3.36. The van der Waals surface area contributed by atoms with Crippen molar-refractivity contribution in [1.29, 1.82) is 0 Å². The lowest BCUT2D eigenvalue weighted by Gasteiger charge is -2.25. The number of nitrogens with one attached hydrogen (secondary N) is 1. The highest BCUT2D eigenvalue weighted by molar-refractivity contribution is 7.20. The number of hydrogen-bond acceptors (Lipinski definition) is 7. The number of carbonyl (C=O) groups excluding carboxylic acids is 1. The van der Waals surface area contributed by atoms with E-state index in [1.165, 1.54) is 28.3 Å². The Kier molecular flexibility index (Phi) is 4.67. The maximum atomic E-state index is 12.7. The maximum Gasteiger partial charge on any atom is 0.274 e. The summed E-state index contributed by atoms with van der Waals surface area (Å²) in [5, 5.41) is 8.34. The summed E-state index contributed by atoms with van der Waals surface area (Å²) in [7, 11) is 0. The second-order valence-electron chi connectivity index (χ2n) is 6.47. The zero-order chi connectivity index (χ0) is 17.2. The molecule has 0 unspecified atom stereocenters. The lowest BCUT2D eigenvalue weighted by molar-refractivity contribution is 0.0919. The third kappa shape index (κ3) is 3.52. The number of rotatable bonds is 3. The average Bonchev–Trinajstić information content (AvgIpc) is 3.06. The van der Waals surface area contributed by atoms with E-state index in [1.54, 1.807) is 0 Å². The lowest BCUT2D eigenvalue weighted by Crippen LogP contribution is -2.38. The first kappa shape index (κ1) is 16.5. The molecule has 2 aliphatic rings. The molecule has 134 valence electrons. The van der Waals surface area contributed by atoms with Gasteiger partial charge in [-0.15, -0.1) is 5.10 Å². The number of carbonyl (C=O) groups is 1. The minimum Gasteiger partial charge on any atom is -0.378 e. The Labute approximate surface area is 148 Å². The first-order valence-electron chi connectivity index (χ1n) is 8.75. The van der Waals surface area contributed by atoms with Gasteiger partial charge in [-0.25, -0.2) is 0 Å². The smallest absolute Gasteiger partial charge is 0.274 e. The predicted molar refractivity (Wildman–Crippen MR) is 94.5 cm³/mol. The quantitative estimate of drug-likeness (QED) is 0.877. The summed E-state index contributed by atoms with van der Waals surface area (Å²) < 4.78 is 6.85. The molecular weight excluding hydrogens is 342 g/mol. The van der Waals surface area contributed by atoms with Crippen LogP contribution in [0.15, 0.2) is 10.9 Å². The first-order chi connectivity index (χ1) is 12.2. The predicted octanol–water partition coefficient (Wildman–Crippen LogP) is 1.05. The van der Waals surface area contributed by atoms with Gasteiger partial charge in [-0.3, -0.25) is 9.59 Å². The van der Waals surface area contributed by atoms with Crippen LogP contribution < -0.4 is 15.8 Å². The maximum absolute atomic E-state index is 12.7. The van der Waals surface area contributed by atoms with Gasteiger partial charge in [0.25, 0.3) is 11.5 Å². The van der Waals surface area contributed by atoms with E-state index >= 15 is 0 Å². The van der Waals surface area contributed by atoms with Gasteiger partial charge >= 0.3 is 0 Å². The normalized spacial score (nSPS) is 19.3. The number of hydrogen-bond donors (Lipinski definition) is 1. The molecule has 1 N–H and O–H groups in total. The van der Waals surface area contributed by atoms with Crippen molar-refractivity contribution in [3.63, 3.8) is 0 Å². The van der Waals surface area contributed by atoms with E-state index in [2.05, 4.69) is 20.3 Å².